The van der Waals surface area contributed by atoms with Crippen LogP contribution in [0.3, 0.4) is 0 Å². The Hall–Kier alpha value is -3.36. The van der Waals surface area contributed by atoms with Gasteiger partial charge in [-0.2, -0.15) is 0 Å². The highest BCUT2D eigenvalue weighted by Crippen LogP contribution is 2.29. The number of carbonyl (C=O) groups is 1. The first-order valence-corrected chi connectivity index (χ1v) is 10.2. The van der Waals surface area contributed by atoms with Crippen LogP contribution in [-0.2, 0) is 0 Å². The SMILES string of the molecule is CC(Oc1ncc(C(=O)Nc2nnc(-c3ccncc3)s2)cc1Cl)c1ccccc1. The molecule has 9 heteroatoms. The van der Waals surface area contributed by atoms with Gasteiger partial charge in [-0.05, 0) is 30.7 Å². The lowest BCUT2D eigenvalue weighted by molar-refractivity contribution is 0.102. The number of hydrogen-bond donors (Lipinski definition) is 1. The van der Waals surface area contributed by atoms with Gasteiger partial charge in [-0.15, -0.1) is 10.2 Å². The average Bonchev–Trinajstić information content (AvgIpc) is 3.24. The summed E-state index contributed by atoms with van der Waals surface area (Å²) < 4.78 is 5.84. The van der Waals surface area contributed by atoms with Crippen LogP contribution in [-0.4, -0.2) is 26.1 Å². The minimum absolute atomic E-state index is 0.233. The molecule has 4 aromatic rings. The molecule has 0 aliphatic rings. The van der Waals surface area contributed by atoms with Crippen molar-refractivity contribution in [2.45, 2.75) is 13.0 Å². The predicted molar refractivity (Wildman–Crippen MR) is 116 cm³/mol. The molecule has 4 rings (SSSR count). The highest BCUT2D eigenvalue weighted by molar-refractivity contribution is 7.18. The van der Waals surface area contributed by atoms with Crippen molar-refractivity contribution in [1.82, 2.24) is 20.2 Å². The van der Waals surface area contributed by atoms with Gasteiger partial charge in [-0.25, -0.2) is 4.98 Å². The van der Waals surface area contributed by atoms with E-state index in [-0.39, 0.29) is 22.9 Å². The Balaban J connectivity index is 1.44. The topological polar surface area (TPSA) is 89.9 Å². The number of carbonyl (C=O) groups excluding carboxylic acids is 1. The molecule has 30 heavy (non-hydrogen) atoms. The Morgan fingerprint density at radius 2 is 1.90 bits per heavy atom. The number of aromatic nitrogens is 4. The lowest BCUT2D eigenvalue weighted by Gasteiger charge is -2.15. The van der Waals surface area contributed by atoms with Crippen LogP contribution in [0.4, 0.5) is 5.13 Å². The van der Waals surface area contributed by atoms with E-state index >= 15 is 0 Å². The molecule has 0 spiro atoms. The lowest BCUT2D eigenvalue weighted by Crippen LogP contribution is -2.12. The van der Waals surface area contributed by atoms with Gasteiger partial charge in [-0.3, -0.25) is 15.1 Å². The Morgan fingerprint density at radius 1 is 1.13 bits per heavy atom. The second kappa shape index (κ2) is 8.98. The van der Waals surface area contributed by atoms with Gasteiger partial charge in [0.05, 0.1) is 5.56 Å². The summed E-state index contributed by atoms with van der Waals surface area (Å²) in [5.74, 6) is -0.120. The van der Waals surface area contributed by atoms with Crippen molar-refractivity contribution >= 4 is 34.0 Å². The monoisotopic (exact) mass is 437 g/mol. The molecule has 0 aliphatic heterocycles. The van der Waals surface area contributed by atoms with Crippen molar-refractivity contribution in [3.63, 3.8) is 0 Å². The number of hydrogen-bond acceptors (Lipinski definition) is 7. The third-order valence-electron chi connectivity index (χ3n) is 4.20. The van der Waals surface area contributed by atoms with Crippen molar-refractivity contribution in [2.75, 3.05) is 5.32 Å². The molecule has 150 valence electrons. The quantitative estimate of drug-likeness (QED) is 0.454. The second-order valence-electron chi connectivity index (χ2n) is 6.28. The van der Waals surface area contributed by atoms with Gasteiger partial charge in [0, 0.05) is 24.2 Å². The Bertz CT molecular complexity index is 1150. The summed E-state index contributed by atoms with van der Waals surface area (Å²) in [7, 11) is 0. The number of rotatable bonds is 6. The van der Waals surface area contributed by atoms with Crippen LogP contribution in [0.25, 0.3) is 10.6 Å². The van der Waals surface area contributed by atoms with Gasteiger partial charge in [0.1, 0.15) is 16.1 Å². The van der Waals surface area contributed by atoms with Crippen LogP contribution in [0.1, 0.15) is 28.9 Å². The van der Waals surface area contributed by atoms with Crippen LogP contribution in [0.5, 0.6) is 5.88 Å². The molecular formula is C21H16ClN5O2S. The van der Waals surface area contributed by atoms with E-state index in [0.29, 0.717) is 15.7 Å². The van der Waals surface area contributed by atoms with Gasteiger partial charge in [-0.1, -0.05) is 53.3 Å². The zero-order chi connectivity index (χ0) is 20.9. The van der Waals surface area contributed by atoms with Gasteiger partial charge in [0.2, 0.25) is 11.0 Å². The fourth-order valence-electron chi connectivity index (χ4n) is 2.65. The maximum Gasteiger partial charge on any atom is 0.259 e. The van der Waals surface area contributed by atoms with E-state index in [4.69, 9.17) is 16.3 Å². The molecule has 0 saturated carbocycles. The molecule has 1 unspecified atom stereocenters. The standard InChI is InChI=1S/C21H16ClN5O2S/c1-13(14-5-3-2-4-6-14)29-19-17(22)11-16(12-24-19)18(28)25-21-27-26-20(30-21)15-7-9-23-10-8-15/h2-13H,1H3,(H,25,27,28). The van der Waals surface area contributed by atoms with Crippen LogP contribution in [0, 0.1) is 0 Å². The molecule has 3 heterocycles. The maximum absolute atomic E-state index is 12.5. The van der Waals surface area contributed by atoms with Crippen molar-refractivity contribution in [3.8, 4) is 16.5 Å². The molecule has 0 radical (unpaired) electrons. The molecule has 7 nitrogen and oxygen atoms in total. The molecule has 3 aromatic heterocycles. The molecule has 1 amide bonds. The van der Waals surface area contributed by atoms with Crippen molar-refractivity contribution < 1.29 is 9.53 Å². The van der Waals surface area contributed by atoms with Crippen LogP contribution in [0.15, 0.2) is 67.1 Å². The Morgan fingerprint density at radius 3 is 2.63 bits per heavy atom. The van der Waals surface area contributed by atoms with Crippen LogP contribution in [0.2, 0.25) is 5.02 Å². The average molecular weight is 438 g/mol. The fourth-order valence-corrected chi connectivity index (χ4v) is 3.60. The van der Waals surface area contributed by atoms with Crippen molar-refractivity contribution in [3.05, 3.63) is 83.3 Å². The second-order valence-corrected chi connectivity index (χ2v) is 7.67. The lowest BCUT2D eigenvalue weighted by atomic mass is 10.1. The number of benzene rings is 1. The zero-order valence-corrected chi connectivity index (χ0v) is 17.4. The molecule has 0 fully saturated rings. The number of halogens is 1. The molecule has 0 aliphatic carbocycles. The van der Waals surface area contributed by atoms with E-state index in [0.717, 1.165) is 11.1 Å². The first-order chi connectivity index (χ1) is 14.6. The van der Waals surface area contributed by atoms with Crippen molar-refractivity contribution in [2.24, 2.45) is 0 Å². The van der Waals surface area contributed by atoms with Gasteiger partial charge < -0.3 is 4.74 Å². The zero-order valence-electron chi connectivity index (χ0n) is 15.8. The Labute approximate surface area is 181 Å². The third-order valence-corrected chi connectivity index (χ3v) is 5.36. The number of anilines is 1. The fraction of sp³-hybridized carbons (Fsp3) is 0.0952. The summed E-state index contributed by atoms with van der Waals surface area (Å²) in [6, 6.07) is 14.9. The number of ether oxygens (including phenoxy) is 1. The third kappa shape index (κ3) is 4.61. The summed E-state index contributed by atoms with van der Waals surface area (Å²) in [4.78, 5) is 20.7. The highest BCUT2D eigenvalue weighted by Gasteiger charge is 2.16. The van der Waals surface area contributed by atoms with Crippen LogP contribution < -0.4 is 10.1 Å². The summed E-state index contributed by atoms with van der Waals surface area (Å²) in [5.41, 5.74) is 2.17. The molecule has 0 bridgehead atoms. The molecule has 0 saturated heterocycles. The molecule has 1 aromatic carbocycles. The van der Waals surface area contributed by atoms with Gasteiger partial charge >= 0.3 is 0 Å². The molecule has 1 atom stereocenters. The number of amides is 1. The van der Waals surface area contributed by atoms with Gasteiger partial charge in [0.15, 0.2) is 0 Å². The number of pyridine rings is 2. The first kappa shape index (κ1) is 19.9. The van der Waals surface area contributed by atoms with E-state index in [1.165, 1.54) is 23.6 Å². The van der Waals surface area contributed by atoms with Crippen molar-refractivity contribution in [1.29, 1.82) is 0 Å². The predicted octanol–water partition coefficient (Wildman–Crippen LogP) is 5.04. The number of nitrogens with zero attached hydrogens (tertiary/aromatic N) is 4. The van der Waals surface area contributed by atoms with E-state index in [2.05, 4.69) is 25.5 Å². The largest absolute Gasteiger partial charge is 0.469 e. The first-order valence-electron chi connectivity index (χ1n) is 9.02. The summed E-state index contributed by atoms with van der Waals surface area (Å²) >= 11 is 7.56. The van der Waals surface area contributed by atoms with E-state index in [1.807, 2.05) is 49.4 Å². The smallest absolute Gasteiger partial charge is 0.259 e. The van der Waals surface area contributed by atoms with E-state index in [1.54, 1.807) is 12.4 Å². The summed E-state index contributed by atoms with van der Waals surface area (Å²) in [6.07, 6.45) is 4.53. The van der Waals surface area contributed by atoms with Crippen LogP contribution >= 0.6 is 22.9 Å². The molecular weight excluding hydrogens is 422 g/mol. The maximum atomic E-state index is 12.5. The van der Waals surface area contributed by atoms with E-state index < -0.39 is 0 Å². The normalized spacial score (nSPS) is 11.7. The minimum atomic E-state index is -0.385. The number of nitrogens with one attached hydrogen (secondary N) is 1. The highest BCUT2D eigenvalue weighted by atomic mass is 35.5. The summed E-state index contributed by atoms with van der Waals surface area (Å²) in [6.45, 7) is 1.91. The molecule has 1 N–H and O–H groups in total. The summed E-state index contributed by atoms with van der Waals surface area (Å²) in [5, 5.41) is 12.1. The Kier molecular flexibility index (Phi) is 5.97. The minimum Gasteiger partial charge on any atom is -0.469 e. The van der Waals surface area contributed by atoms with Gasteiger partial charge in [0.25, 0.3) is 5.91 Å². The van der Waals surface area contributed by atoms with E-state index in [9.17, 15) is 4.79 Å².